The number of aromatic nitrogens is 2. The van der Waals surface area contributed by atoms with Gasteiger partial charge in [0.05, 0.1) is 11.4 Å². The van der Waals surface area contributed by atoms with Gasteiger partial charge in [0, 0.05) is 42.3 Å². The van der Waals surface area contributed by atoms with Crippen molar-refractivity contribution in [3.05, 3.63) is 106 Å². The summed E-state index contributed by atoms with van der Waals surface area (Å²) in [6, 6.07) is 17.0. The molecule has 0 bridgehead atoms. The van der Waals surface area contributed by atoms with Crippen molar-refractivity contribution in [2.45, 2.75) is 18.0 Å². The molecule has 1 N–H and O–H groups in total. The number of benzene rings is 2. The van der Waals surface area contributed by atoms with Crippen molar-refractivity contribution in [2.24, 2.45) is 0 Å². The molecule has 2 heterocycles. The minimum Gasteiger partial charge on any atom is -0.348 e. The van der Waals surface area contributed by atoms with E-state index in [2.05, 4.69) is 10.3 Å². The molecule has 0 aliphatic carbocycles. The molecule has 0 fully saturated rings. The number of sulfone groups is 1. The van der Waals surface area contributed by atoms with E-state index in [9.17, 15) is 18.0 Å². The molecule has 7 nitrogen and oxygen atoms in total. The number of hydrogen-bond acceptors (Lipinski definition) is 5. The molecule has 162 valence electrons. The van der Waals surface area contributed by atoms with Crippen LogP contribution in [0.5, 0.6) is 0 Å². The summed E-state index contributed by atoms with van der Waals surface area (Å²) in [7, 11) is -3.27. The molecule has 4 rings (SSSR count). The van der Waals surface area contributed by atoms with E-state index < -0.39 is 9.84 Å². The number of hydrogen-bond donors (Lipinski definition) is 1. The maximum atomic E-state index is 13.0. The van der Waals surface area contributed by atoms with Gasteiger partial charge in [-0.05, 0) is 52.9 Å². The van der Waals surface area contributed by atoms with Crippen LogP contribution in [0.2, 0.25) is 0 Å². The highest BCUT2D eigenvalue weighted by atomic mass is 32.2. The summed E-state index contributed by atoms with van der Waals surface area (Å²) in [4.78, 5) is 29.9. The normalized spacial score (nSPS) is 11.4. The Balaban J connectivity index is 1.57. The van der Waals surface area contributed by atoms with Gasteiger partial charge < -0.3 is 9.88 Å². The van der Waals surface area contributed by atoms with E-state index in [4.69, 9.17) is 0 Å². The first-order valence-corrected chi connectivity index (χ1v) is 11.8. The maximum Gasteiger partial charge on any atom is 0.258 e. The SMILES string of the molecule is CS(=O)(=O)c1ccc(Cn2ccc3ccc(C(=O)NCc4cccnc4)cc3c2=O)cc1. The number of nitrogens with one attached hydrogen (secondary N) is 1. The fourth-order valence-corrected chi connectivity index (χ4v) is 4.00. The van der Waals surface area contributed by atoms with E-state index in [0.717, 1.165) is 22.8 Å². The van der Waals surface area contributed by atoms with Gasteiger partial charge in [0.15, 0.2) is 9.84 Å². The molecule has 2 aromatic heterocycles. The monoisotopic (exact) mass is 447 g/mol. The van der Waals surface area contributed by atoms with E-state index in [1.807, 2.05) is 12.1 Å². The fourth-order valence-electron chi connectivity index (χ4n) is 3.37. The highest BCUT2D eigenvalue weighted by Gasteiger charge is 2.11. The van der Waals surface area contributed by atoms with E-state index in [1.165, 1.54) is 16.7 Å². The third-order valence-corrected chi connectivity index (χ3v) is 6.25. The Morgan fingerprint density at radius 1 is 1.03 bits per heavy atom. The van der Waals surface area contributed by atoms with E-state index in [1.54, 1.807) is 55.0 Å². The van der Waals surface area contributed by atoms with Crippen LogP contribution >= 0.6 is 0 Å². The molecule has 2 aromatic carbocycles. The lowest BCUT2D eigenvalue weighted by atomic mass is 10.1. The van der Waals surface area contributed by atoms with E-state index in [-0.39, 0.29) is 22.9 Å². The lowest BCUT2D eigenvalue weighted by Crippen LogP contribution is -2.24. The summed E-state index contributed by atoms with van der Waals surface area (Å²) in [6.45, 7) is 0.628. The van der Waals surface area contributed by atoms with E-state index >= 15 is 0 Å². The minimum atomic E-state index is -3.27. The Kier molecular flexibility index (Phi) is 5.87. The van der Waals surface area contributed by atoms with Crippen molar-refractivity contribution in [2.75, 3.05) is 6.26 Å². The van der Waals surface area contributed by atoms with Crippen molar-refractivity contribution in [1.82, 2.24) is 14.9 Å². The van der Waals surface area contributed by atoms with E-state index in [0.29, 0.717) is 17.5 Å². The highest BCUT2D eigenvalue weighted by Crippen LogP contribution is 2.15. The summed E-state index contributed by atoms with van der Waals surface area (Å²) in [5.74, 6) is -0.276. The smallest absolute Gasteiger partial charge is 0.258 e. The summed E-state index contributed by atoms with van der Waals surface area (Å²) in [5.41, 5.74) is 1.85. The van der Waals surface area contributed by atoms with Crippen LogP contribution in [0.1, 0.15) is 21.5 Å². The highest BCUT2D eigenvalue weighted by molar-refractivity contribution is 7.90. The summed E-state index contributed by atoms with van der Waals surface area (Å²) in [6.07, 6.45) is 6.19. The fraction of sp³-hybridized carbons (Fsp3) is 0.125. The molecule has 0 saturated heterocycles. The zero-order chi connectivity index (χ0) is 22.7. The summed E-state index contributed by atoms with van der Waals surface area (Å²) < 4.78 is 24.8. The third-order valence-electron chi connectivity index (χ3n) is 5.12. The number of fused-ring (bicyclic) bond motifs is 1. The van der Waals surface area contributed by atoms with Gasteiger partial charge in [-0.25, -0.2) is 8.42 Å². The Labute approximate surface area is 185 Å². The molecule has 0 unspecified atom stereocenters. The van der Waals surface area contributed by atoms with Crippen LogP contribution in [0.3, 0.4) is 0 Å². The molecule has 0 aliphatic rings. The molecule has 4 aromatic rings. The van der Waals surface area contributed by atoms with Gasteiger partial charge in [0.2, 0.25) is 0 Å². The van der Waals surface area contributed by atoms with Gasteiger partial charge in [-0.3, -0.25) is 14.6 Å². The lowest BCUT2D eigenvalue weighted by Gasteiger charge is -2.10. The summed E-state index contributed by atoms with van der Waals surface area (Å²) >= 11 is 0. The van der Waals surface area contributed by atoms with Crippen LogP contribution in [0.15, 0.2) is 88.9 Å². The quantitative estimate of drug-likeness (QED) is 0.490. The minimum absolute atomic E-state index is 0.225. The van der Waals surface area contributed by atoms with Gasteiger partial charge in [-0.1, -0.05) is 24.3 Å². The van der Waals surface area contributed by atoms with Crippen LogP contribution in [0.4, 0.5) is 0 Å². The standard InChI is InChI=1S/C24H21N3O4S/c1-32(30,31)21-8-4-17(5-9-21)16-27-12-10-19-6-7-20(13-22(19)24(27)29)23(28)26-15-18-3-2-11-25-14-18/h2-14H,15-16H2,1H3,(H,26,28). The maximum absolute atomic E-state index is 13.0. The first-order valence-electron chi connectivity index (χ1n) is 9.90. The number of pyridine rings is 2. The van der Waals surface area contributed by atoms with Gasteiger partial charge in [-0.2, -0.15) is 0 Å². The molecule has 0 aliphatic heterocycles. The number of carbonyl (C=O) groups is 1. The molecule has 0 atom stereocenters. The molecule has 32 heavy (non-hydrogen) atoms. The number of carbonyl (C=O) groups excluding carboxylic acids is 1. The molecule has 0 saturated carbocycles. The molecule has 8 heteroatoms. The molecule has 0 spiro atoms. The number of nitrogens with zero attached hydrogens (tertiary/aromatic N) is 2. The van der Waals surface area contributed by atoms with Gasteiger partial charge in [0.25, 0.3) is 11.5 Å². The van der Waals surface area contributed by atoms with Gasteiger partial charge >= 0.3 is 0 Å². The molecule has 1 amide bonds. The van der Waals surface area contributed by atoms with Crippen LogP contribution in [0, 0.1) is 0 Å². The number of amides is 1. The molecular formula is C24H21N3O4S. The van der Waals surface area contributed by atoms with Gasteiger partial charge in [0.1, 0.15) is 0 Å². The summed E-state index contributed by atoms with van der Waals surface area (Å²) in [5, 5.41) is 4.01. The Bertz CT molecular complexity index is 1440. The average molecular weight is 448 g/mol. The molecule has 0 radical (unpaired) electrons. The first-order chi connectivity index (χ1) is 15.3. The average Bonchev–Trinajstić information content (AvgIpc) is 2.79. The zero-order valence-electron chi connectivity index (χ0n) is 17.4. The van der Waals surface area contributed by atoms with Crippen LogP contribution in [-0.2, 0) is 22.9 Å². The van der Waals surface area contributed by atoms with Crippen molar-refractivity contribution in [1.29, 1.82) is 0 Å². The van der Waals surface area contributed by atoms with Crippen molar-refractivity contribution < 1.29 is 13.2 Å². The Morgan fingerprint density at radius 2 is 1.81 bits per heavy atom. The largest absolute Gasteiger partial charge is 0.348 e. The molecular weight excluding hydrogens is 426 g/mol. The van der Waals surface area contributed by atoms with Crippen molar-refractivity contribution >= 4 is 26.5 Å². The Morgan fingerprint density at radius 3 is 2.50 bits per heavy atom. The predicted octanol–water partition coefficient (Wildman–Crippen LogP) is 2.78. The second-order valence-electron chi connectivity index (χ2n) is 7.51. The lowest BCUT2D eigenvalue weighted by molar-refractivity contribution is 0.0951. The Hall–Kier alpha value is -3.78. The second kappa shape index (κ2) is 8.76. The van der Waals surface area contributed by atoms with Crippen LogP contribution in [0.25, 0.3) is 10.8 Å². The first kappa shape index (κ1) is 21.5. The third kappa shape index (κ3) is 4.76. The van der Waals surface area contributed by atoms with Crippen molar-refractivity contribution in [3.63, 3.8) is 0 Å². The van der Waals surface area contributed by atoms with Gasteiger partial charge in [-0.15, -0.1) is 0 Å². The topological polar surface area (TPSA) is 98.1 Å². The number of rotatable bonds is 6. The van der Waals surface area contributed by atoms with Crippen molar-refractivity contribution in [3.8, 4) is 0 Å². The van der Waals surface area contributed by atoms with Crippen LogP contribution in [-0.4, -0.2) is 30.1 Å². The zero-order valence-corrected chi connectivity index (χ0v) is 18.2. The van der Waals surface area contributed by atoms with Crippen LogP contribution < -0.4 is 10.9 Å². The predicted molar refractivity (Wildman–Crippen MR) is 122 cm³/mol. The second-order valence-corrected chi connectivity index (χ2v) is 9.53.